The van der Waals surface area contributed by atoms with Crippen LogP contribution in [0.15, 0.2) is 54.6 Å². The van der Waals surface area contributed by atoms with E-state index in [1.807, 2.05) is 36.4 Å². The van der Waals surface area contributed by atoms with Gasteiger partial charge in [0.25, 0.3) is 11.8 Å². The van der Waals surface area contributed by atoms with Gasteiger partial charge in [0.05, 0.1) is 6.54 Å². The molecule has 3 aromatic rings. The zero-order chi connectivity index (χ0) is 24.2. The van der Waals surface area contributed by atoms with Gasteiger partial charge >= 0.3 is 0 Å². The maximum absolute atomic E-state index is 13.1. The van der Waals surface area contributed by atoms with Gasteiger partial charge in [0.1, 0.15) is 5.69 Å². The quantitative estimate of drug-likeness (QED) is 0.538. The summed E-state index contributed by atoms with van der Waals surface area (Å²) in [6.07, 6.45) is 0.733. The van der Waals surface area contributed by atoms with E-state index in [2.05, 4.69) is 15.7 Å². The minimum atomic E-state index is -0.508. The van der Waals surface area contributed by atoms with Crippen molar-refractivity contribution in [3.63, 3.8) is 0 Å². The Kier molecular flexibility index (Phi) is 6.34. The van der Waals surface area contributed by atoms with Crippen molar-refractivity contribution < 1.29 is 23.9 Å². The summed E-state index contributed by atoms with van der Waals surface area (Å²) >= 11 is 0. The molecular weight excluding hydrogens is 450 g/mol. The van der Waals surface area contributed by atoms with Crippen LogP contribution in [0.25, 0.3) is 0 Å². The molecule has 0 radical (unpaired) electrons. The van der Waals surface area contributed by atoms with Crippen LogP contribution in [-0.2, 0) is 24.4 Å². The number of fused-ring (bicyclic) bond motifs is 2. The first-order chi connectivity index (χ1) is 17.1. The lowest BCUT2D eigenvalue weighted by Gasteiger charge is -2.20. The third kappa shape index (κ3) is 5.11. The largest absolute Gasteiger partial charge is 0.454 e. The Hall–Kier alpha value is -4.34. The number of aryl methyl sites for hydroxylation is 1. The van der Waals surface area contributed by atoms with Crippen LogP contribution in [0.3, 0.4) is 0 Å². The van der Waals surface area contributed by atoms with E-state index in [9.17, 15) is 14.4 Å². The van der Waals surface area contributed by atoms with E-state index in [1.165, 1.54) is 6.07 Å². The number of hydrogen-bond acceptors (Lipinski definition) is 6. The normalized spacial score (nSPS) is 14.3. The van der Waals surface area contributed by atoms with Crippen molar-refractivity contribution in [3.8, 4) is 11.5 Å². The molecule has 0 aliphatic carbocycles. The highest BCUT2D eigenvalue weighted by Crippen LogP contribution is 2.32. The van der Waals surface area contributed by atoms with Crippen molar-refractivity contribution in [2.45, 2.75) is 26.1 Å². The Labute approximate surface area is 201 Å². The second kappa shape index (κ2) is 9.88. The lowest BCUT2D eigenvalue weighted by Crippen LogP contribution is -2.36. The third-order valence-electron chi connectivity index (χ3n) is 5.87. The molecule has 0 fully saturated rings. The van der Waals surface area contributed by atoms with Gasteiger partial charge in [-0.05, 0) is 29.7 Å². The van der Waals surface area contributed by atoms with Crippen molar-refractivity contribution in [2.75, 3.05) is 19.9 Å². The number of nitrogens with zero attached hydrogens (tertiary/aromatic N) is 3. The Bertz CT molecular complexity index is 1260. The molecule has 0 spiro atoms. The highest BCUT2D eigenvalue weighted by molar-refractivity contribution is 5.99. The summed E-state index contributed by atoms with van der Waals surface area (Å²) in [5.41, 5.74) is 2.37. The van der Waals surface area contributed by atoms with E-state index in [-0.39, 0.29) is 37.4 Å². The number of amides is 3. The highest BCUT2D eigenvalue weighted by Gasteiger charge is 2.26. The van der Waals surface area contributed by atoms with Crippen molar-refractivity contribution >= 4 is 17.7 Å². The van der Waals surface area contributed by atoms with Crippen LogP contribution >= 0.6 is 0 Å². The van der Waals surface area contributed by atoms with E-state index in [1.54, 1.807) is 21.7 Å². The molecule has 35 heavy (non-hydrogen) atoms. The van der Waals surface area contributed by atoms with Crippen LogP contribution in [-0.4, -0.2) is 52.3 Å². The minimum Gasteiger partial charge on any atom is -0.454 e. The van der Waals surface area contributed by atoms with Crippen molar-refractivity contribution in [2.24, 2.45) is 0 Å². The van der Waals surface area contributed by atoms with Crippen LogP contribution in [0.5, 0.6) is 11.5 Å². The molecule has 0 bridgehead atoms. The number of carbonyl (C=O) groups excluding carboxylic acids is 3. The Morgan fingerprint density at radius 1 is 0.943 bits per heavy atom. The van der Waals surface area contributed by atoms with Gasteiger partial charge in [0, 0.05) is 32.2 Å². The van der Waals surface area contributed by atoms with Gasteiger partial charge in [-0.3, -0.25) is 19.1 Å². The molecule has 0 unspecified atom stereocenters. The summed E-state index contributed by atoms with van der Waals surface area (Å²) in [5, 5.41) is 9.63. The number of hydrogen-bond donors (Lipinski definition) is 2. The molecule has 0 atom stereocenters. The molecule has 3 amide bonds. The van der Waals surface area contributed by atoms with E-state index in [0.717, 1.165) is 17.5 Å². The lowest BCUT2D eigenvalue weighted by atomic mass is 10.2. The average molecular weight is 476 g/mol. The van der Waals surface area contributed by atoms with Gasteiger partial charge in [-0.2, -0.15) is 5.10 Å². The molecular formula is C25H25N5O5. The fourth-order valence-electron chi connectivity index (χ4n) is 4.07. The molecule has 0 saturated carbocycles. The highest BCUT2D eigenvalue weighted by atomic mass is 16.7. The fourth-order valence-corrected chi connectivity index (χ4v) is 4.07. The topological polar surface area (TPSA) is 115 Å². The summed E-state index contributed by atoms with van der Waals surface area (Å²) in [4.78, 5) is 39.7. The van der Waals surface area contributed by atoms with E-state index < -0.39 is 5.91 Å². The Morgan fingerprint density at radius 2 is 1.77 bits per heavy atom. The zero-order valence-electron chi connectivity index (χ0n) is 19.0. The first-order valence-corrected chi connectivity index (χ1v) is 11.4. The Balaban J connectivity index is 1.15. The summed E-state index contributed by atoms with van der Waals surface area (Å²) in [6.45, 7) is 1.91. The number of benzene rings is 2. The Morgan fingerprint density at radius 3 is 2.63 bits per heavy atom. The first kappa shape index (κ1) is 22.5. The predicted octanol–water partition coefficient (Wildman–Crippen LogP) is 1.70. The molecule has 2 aromatic carbocycles. The predicted molar refractivity (Wildman–Crippen MR) is 125 cm³/mol. The summed E-state index contributed by atoms with van der Waals surface area (Å²) < 4.78 is 12.2. The molecule has 2 N–H and O–H groups in total. The standard InChI is InChI=1S/C25H25N5O5/c31-23(26-13-18-7-8-21-22(11-18)35-16-34-21)14-27-24(32)19-12-20-25(33)29(9-4-10-30(20)28-19)15-17-5-2-1-3-6-17/h1-3,5-8,11-12H,4,9-10,13-16H2,(H,26,31)(H,27,32). The average Bonchev–Trinajstić information content (AvgIpc) is 3.49. The number of rotatable bonds is 7. The third-order valence-corrected chi connectivity index (χ3v) is 5.87. The molecule has 180 valence electrons. The van der Waals surface area contributed by atoms with Crippen LogP contribution in [0.2, 0.25) is 0 Å². The van der Waals surface area contributed by atoms with Gasteiger partial charge in [-0.15, -0.1) is 0 Å². The molecule has 10 heteroatoms. The van der Waals surface area contributed by atoms with Gasteiger partial charge in [-0.1, -0.05) is 36.4 Å². The maximum Gasteiger partial charge on any atom is 0.272 e. The number of aromatic nitrogens is 2. The maximum atomic E-state index is 13.1. The van der Waals surface area contributed by atoms with Crippen LogP contribution in [0.1, 0.15) is 38.5 Å². The summed E-state index contributed by atoms with van der Waals surface area (Å²) in [6, 6.07) is 16.7. The summed E-state index contributed by atoms with van der Waals surface area (Å²) in [7, 11) is 0. The van der Waals surface area contributed by atoms with Crippen molar-refractivity contribution in [1.82, 2.24) is 25.3 Å². The zero-order valence-corrected chi connectivity index (χ0v) is 19.0. The van der Waals surface area contributed by atoms with E-state index in [0.29, 0.717) is 36.8 Å². The van der Waals surface area contributed by atoms with Gasteiger partial charge in [0.2, 0.25) is 12.7 Å². The van der Waals surface area contributed by atoms with Crippen LogP contribution in [0, 0.1) is 0 Å². The molecule has 3 heterocycles. The van der Waals surface area contributed by atoms with Gasteiger partial charge in [0.15, 0.2) is 17.2 Å². The van der Waals surface area contributed by atoms with Crippen LogP contribution < -0.4 is 20.1 Å². The lowest BCUT2D eigenvalue weighted by molar-refractivity contribution is -0.120. The van der Waals surface area contributed by atoms with E-state index >= 15 is 0 Å². The minimum absolute atomic E-state index is 0.110. The molecule has 10 nitrogen and oxygen atoms in total. The van der Waals surface area contributed by atoms with Crippen LogP contribution in [0.4, 0.5) is 0 Å². The monoisotopic (exact) mass is 475 g/mol. The number of carbonyl (C=O) groups is 3. The molecule has 0 saturated heterocycles. The van der Waals surface area contributed by atoms with E-state index in [4.69, 9.17) is 9.47 Å². The first-order valence-electron chi connectivity index (χ1n) is 11.4. The van der Waals surface area contributed by atoms with Gasteiger partial charge in [-0.25, -0.2) is 0 Å². The molecule has 2 aliphatic heterocycles. The second-order valence-corrected chi connectivity index (χ2v) is 8.35. The number of ether oxygens (including phenoxy) is 2. The fraction of sp³-hybridized carbons (Fsp3) is 0.280. The molecule has 1 aromatic heterocycles. The SMILES string of the molecule is O=C(CNC(=O)c1cc2n(n1)CCCN(Cc1ccccc1)C2=O)NCc1ccc2c(c1)OCO2. The molecule has 5 rings (SSSR count). The summed E-state index contributed by atoms with van der Waals surface area (Å²) in [5.74, 6) is 0.293. The second-order valence-electron chi connectivity index (χ2n) is 8.35. The van der Waals surface area contributed by atoms with Crippen molar-refractivity contribution in [3.05, 3.63) is 77.1 Å². The van der Waals surface area contributed by atoms with Crippen molar-refractivity contribution in [1.29, 1.82) is 0 Å². The molecule has 2 aliphatic rings. The number of nitrogens with one attached hydrogen (secondary N) is 2. The van der Waals surface area contributed by atoms with Gasteiger partial charge < -0.3 is 25.0 Å². The smallest absolute Gasteiger partial charge is 0.272 e.